The van der Waals surface area contributed by atoms with Crippen LogP contribution in [0.15, 0.2) is 24.3 Å². The molecule has 0 saturated heterocycles. The van der Waals surface area contributed by atoms with Crippen LogP contribution < -0.4 is 4.74 Å². The van der Waals surface area contributed by atoms with Crippen LogP contribution in [0.2, 0.25) is 0 Å². The number of hydrogen-bond acceptors (Lipinski definition) is 5. The molecule has 0 heterocycles. The summed E-state index contributed by atoms with van der Waals surface area (Å²) in [5.74, 6) is 0.519. The number of hydrogen-bond donors (Lipinski definition) is 1. The fourth-order valence-corrected chi connectivity index (χ4v) is 1.75. The quantitative estimate of drug-likeness (QED) is 0.761. The largest absolute Gasteiger partial charge is 0.489 e. The second-order valence-corrected chi connectivity index (χ2v) is 5.14. The number of nitriles is 1. The molecular formula is C15H23N3O2. The molecule has 1 unspecified atom stereocenters. The summed E-state index contributed by atoms with van der Waals surface area (Å²) in [4.78, 5) is 4.16. The van der Waals surface area contributed by atoms with Crippen molar-refractivity contribution in [1.82, 2.24) is 9.80 Å². The topological polar surface area (TPSA) is 59.7 Å². The molecule has 5 heteroatoms. The van der Waals surface area contributed by atoms with E-state index in [-0.39, 0.29) is 6.61 Å². The Hall–Kier alpha value is -1.61. The molecule has 1 rings (SSSR count). The summed E-state index contributed by atoms with van der Waals surface area (Å²) in [5.41, 5.74) is 0.487. The molecule has 0 radical (unpaired) electrons. The number of nitrogens with zero attached hydrogens (tertiary/aromatic N) is 3. The minimum atomic E-state index is -0.575. The Kier molecular flexibility index (Phi) is 7.02. The van der Waals surface area contributed by atoms with Crippen molar-refractivity contribution < 1.29 is 9.84 Å². The first-order valence-electron chi connectivity index (χ1n) is 6.66. The van der Waals surface area contributed by atoms with E-state index >= 15 is 0 Å². The van der Waals surface area contributed by atoms with E-state index in [0.717, 1.165) is 13.1 Å². The summed E-state index contributed by atoms with van der Waals surface area (Å²) in [6, 6.07) is 9.11. The van der Waals surface area contributed by atoms with Crippen molar-refractivity contribution in [3.05, 3.63) is 29.8 Å². The van der Waals surface area contributed by atoms with Crippen LogP contribution in [0.25, 0.3) is 0 Å². The molecule has 0 fully saturated rings. The van der Waals surface area contributed by atoms with Crippen molar-refractivity contribution in [2.75, 3.05) is 47.4 Å². The van der Waals surface area contributed by atoms with Gasteiger partial charge in [0.15, 0.2) is 0 Å². The van der Waals surface area contributed by atoms with E-state index in [1.54, 1.807) is 18.2 Å². The van der Waals surface area contributed by atoms with E-state index in [1.165, 1.54) is 0 Å². The number of ether oxygens (including phenoxy) is 1. The van der Waals surface area contributed by atoms with E-state index in [4.69, 9.17) is 10.00 Å². The molecule has 0 aromatic heterocycles. The summed E-state index contributed by atoms with van der Waals surface area (Å²) in [7, 11) is 6.01. The lowest BCUT2D eigenvalue weighted by Gasteiger charge is -2.22. The van der Waals surface area contributed by atoms with Crippen LogP contribution in [0.4, 0.5) is 0 Å². The third-order valence-corrected chi connectivity index (χ3v) is 2.89. The molecule has 20 heavy (non-hydrogen) atoms. The van der Waals surface area contributed by atoms with Crippen LogP contribution >= 0.6 is 0 Å². The maximum absolute atomic E-state index is 9.95. The molecule has 5 nitrogen and oxygen atoms in total. The number of rotatable bonds is 8. The highest BCUT2D eigenvalue weighted by molar-refractivity contribution is 5.42. The van der Waals surface area contributed by atoms with Gasteiger partial charge < -0.3 is 19.6 Å². The Labute approximate surface area is 121 Å². The molecule has 0 aliphatic carbocycles. The van der Waals surface area contributed by atoms with E-state index in [0.29, 0.717) is 17.9 Å². The zero-order valence-corrected chi connectivity index (χ0v) is 12.4. The molecule has 110 valence electrons. The van der Waals surface area contributed by atoms with E-state index in [1.807, 2.05) is 27.2 Å². The maximum Gasteiger partial charge on any atom is 0.137 e. The normalized spacial score (nSPS) is 12.4. The third kappa shape index (κ3) is 6.02. The highest BCUT2D eigenvalue weighted by Gasteiger charge is 2.10. The smallest absolute Gasteiger partial charge is 0.137 e. The van der Waals surface area contributed by atoms with Gasteiger partial charge in [-0.25, -0.2) is 0 Å². The maximum atomic E-state index is 9.95. The van der Waals surface area contributed by atoms with Gasteiger partial charge in [0.2, 0.25) is 0 Å². The molecule has 1 atom stereocenters. The van der Waals surface area contributed by atoms with Crippen molar-refractivity contribution in [3.8, 4) is 11.8 Å². The van der Waals surface area contributed by atoms with Gasteiger partial charge in [0.05, 0.1) is 5.56 Å². The van der Waals surface area contributed by atoms with Gasteiger partial charge in [0.25, 0.3) is 0 Å². The minimum Gasteiger partial charge on any atom is -0.489 e. The van der Waals surface area contributed by atoms with Crippen LogP contribution in [0, 0.1) is 11.3 Å². The van der Waals surface area contributed by atoms with Gasteiger partial charge in [-0.05, 0) is 33.3 Å². The van der Waals surface area contributed by atoms with Crippen molar-refractivity contribution in [3.63, 3.8) is 0 Å². The van der Waals surface area contributed by atoms with Crippen LogP contribution in [-0.2, 0) is 0 Å². The molecule has 0 aliphatic heterocycles. The first kappa shape index (κ1) is 16.4. The zero-order chi connectivity index (χ0) is 15.0. The van der Waals surface area contributed by atoms with Crippen molar-refractivity contribution in [2.45, 2.75) is 6.10 Å². The number of para-hydroxylation sites is 1. The summed E-state index contributed by atoms with van der Waals surface area (Å²) < 4.78 is 5.51. The van der Waals surface area contributed by atoms with Gasteiger partial charge in [-0.1, -0.05) is 12.1 Å². The van der Waals surface area contributed by atoms with E-state index in [9.17, 15) is 5.11 Å². The lowest BCUT2D eigenvalue weighted by atomic mass is 10.2. The molecule has 0 saturated carbocycles. The standard InChI is InChI=1S/C15H23N3O2/c1-17(2)8-9-18(3)11-14(19)12-20-15-7-5-4-6-13(15)10-16/h4-7,14,19H,8-9,11-12H2,1-3H3. The lowest BCUT2D eigenvalue weighted by Crippen LogP contribution is -2.36. The molecule has 0 spiro atoms. The van der Waals surface area contributed by atoms with Crippen molar-refractivity contribution >= 4 is 0 Å². The average Bonchev–Trinajstić information content (AvgIpc) is 2.43. The van der Waals surface area contributed by atoms with Gasteiger partial charge in [0.1, 0.15) is 24.5 Å². The van der Waals surface area contributed by atoms with Gasteiger partial charge in [-0.15, -0.1) is 0 Å². The van der Waals surface area contributed by atoms with Gasteiger partial charge in [-0.3, -0.25) is 0 Å². The van der Waals surface area contributed by atoms with E-state index in [2.05, 4.69) is 15.9 Å². The molecule has 1 aromatic carbocycles. The average molecular weight is 277 g/mol. The third-order valence-electron chi connectivity index (χ3n) is 2.89. The first-order valence-corrected chi connectivity index (χ1v) is 6.66. The first-order chi connectivity index (χ1) is 9.52. The van der Waals surface area contributed by atoms with Crippen LogP contribution in [-0.4, -0.2) is 68.4 Å². The lowest BCUT2D eigenvalue weighted by molar-refractivity contribution is 0.0745. The number of likely N-dealkylation sites (N-methyl/N-ethyl adjacent to an activating group) is 2. The fraction of sp³-hybridized carbons (Fsp3) is 0.533. The van der Waals surface area contributed by atoms with Gasteiger partial charge in [-0.2, -0.15) is 5.26 Å². The Morgan fingerprint density at radius 2 is 1.95 bits per heavy atom. The number of aliphatic hydroxyl groups is 1. The molecule has 0 amide bonds. The molecular weight excluding hydrogens is 254 g/mol. The highest BCUT2D eigenvalue weighted by atomic mass is 16.5. The SMILES string of the molecule is CN(C)CCN(C)CC(O)COc1ccccc1C#N. The Balaban J connectivity index is 2.36. The van der Waals surface area contributed by atoms with Gasteiger partial charge >= 0.3 is 0 Å². The second-order valence-electron chi connectivity index (χ2n) is 5.14. The van der Waals surface area contributed by atoms with Gasteiger partial charge in [0, 0.05) is 19.6 Å². The molecule has 1 N–H and O–H groups in total. The summed E-state index contributed by atoms with van der Waals surface area (Å²) in [5, 5.41) is 18.9. The summed E-state index contributed by atoms with van der Waals surface area (Å²) >= 11 is 0. The predicted octanol–water partition coefficient (Wildman–Crippen LogP) is 0.791. The second kappa shape index (κ2) is 8.54. The predicted molar refractivity (Wildman–Crippen MR) is 78.7 cm³/mol. The monoisotopic (exact) mass is 277 g/mol. The molecule has 0 bridgehead atoms. The van der Waals surface area contributed by atoms with Crippen LogP contribution in [0.1, 0.15) is 5.56 Å². The number of aliphatic hydroxyl groups excluding tert-OH is 1. The van der Waals surface area contributed by atoms with Crippen LogP contribution in [0.3, 0.4) is 0 Å². The number of benzene rings is 1. The Bertz CT molecular complexity index is 443. The molecule has 0 aliphatic rings. The Morgan fingerprint density at radius 1 is 1.25 bits per heavy atom. The zero-order valence-electron chi connectivity index (χ0n) is 12.4. The van der Waals surface area contributed by atoms with Crippen molar-refractivity contribution in [2.24, 2.45) is 0 Å². The fourth-order valence-electron chi connectivity index (χ4n) is 1.75. The summed E-state index contributed by atoms with van der Waals surface area (Å²) in [6.45, 7) is 2.56. The Morgan fingerprint density at radius 3 is 2.60 bits per heavy atom. The van der Waals surface area contributed by atoms with Crippen LogP contribution in [0.5, 0.6) is 5.75 Å². The molecule has 1 aromatic rings. The summed E-state index contributed by atoms with van der Waals surface area (Å²) in [6.07, 6.45) is -0.575. The van der Waals surface area contributed by atoms with E-state index < -0.39 is 6.10 Å². The van der Waals surface area contributed by atoms with Crippen molar-refractivity contribution in [1.29, 1.82) is 5.26 Å². The highest BCUT2D eigenvalue weighted by Crippen LogP contribution is 2.16. The minimum absolute atomic E-state index is 0.186.